The highest BCUT2D eigenvalue weighted by atomic mass is 32.1. The third-order valence-electron chi connectivity index (χ3n) is 7.32. The molecule has 3 heterocycles. The number of carbonyl (C=O) groups is 1. The van der Waals surface area contributed by atoms with E-state index in [1.165, 1.54) is 12.0 Å². The minimum Gasteiger partial charge on any atom is -0.481 e. The van der Waals surface area contributed by atoms with E-state index >= 15 is 0 Å². The quantitative estimate of drug-likeness (QED) is 0.394. The molecular formula is C27H38N2O5S. The van der Waals surface area contributed by atoms with E-state index in [-0.39, 0.29) is 11.8 Å². The first-order chi connectivity index (χ1) is 16.9. The van der Waals surface area contributed by atoms with Gasteiger partial charge in [0.15, 0.2) is 5.79 Å². The number of rotatable bonds is 9. The number of nitrogens with one attached hydrogen (secondary N) is 1. The molecule has 8 heteroatoms. The summed E-state index contributed by atoms with van der Waals surface area (Å²) in [5.41, 5.74) is 5.00. The smallest absolute Gasteiger partial charge is 0.339 e. The number of thiophene rings is 1. The van der Waals surface area contributed by atoms with Gasteiger partial charge in [-0.2, -0.15) is 0 Å². The van der Waals surface area contributed by atoms with Gasteiger partial charge in [-0.25, -0.2) is 9.78 Å². The van der Waals surface area contributed by atoms with Crippen LogP contribution in [-0.2, 0) is 33.6 Å². The number of nitrogens with zero attached hydrogens (tertiary/aromatic N) is 1. The van der Waals surface area contributed by atoms with Gasteiger partial charge in [-0.05, 0) is 69.6 Å². The molecule has 2 aliphatic rings. The van der Waals surface area contributed by atoms with Gasteiger partial charge in [0.05, 0.1) is 33.0 Å². The Kier molecular flexibility index (Phi) is 8.47. The molecule has 1 spiro atoms. The summed E-state index contributed by atoms with van der Waals surface area (Å²) in [6, 6.07) is 2.07. The maximum atomic E-state index is 12.7. The minimum atomic E-state index is -0.330. The lowest BCUT2D eigenvalue weighted by molar-refractivity contribution is -0.182. The zero-order valence-corrected chi connectivity index (χ0v) is 22.4. The summed E-state index contributed by atoms with van der Waals surface area (Å²) >= 11 is 1.77. The lowest BCUT2D eigenvalue weighted by atomic mass is 9.82. The number of carbonyl (C=O) groups excluding carboxylic acids is 1. The molecule has 2 aromatic rings. The van der Waals surface area contributed by atoms with Crippen LogP contribution in [0.15, 0.2) is 6.07 Å². The number of pyridine rings is 1. The van der Waals surface area contributed by atoms with Gasteiger partial charge in [-0.15, -0.1) is 11.3 Å². The van der Waals surface area contributed by atoms with Crippen molar-refractivity contribution in [3.63, 3.8) is 0 Å². The molecule has 192 valence electrons. The van der Waals surface area contributed by atoms with Gasteiger partial charge >= 0.3 is 5.97 Å². The van der Waals surface area contributed by atoms with E-state index in [1.807, 2.05) is 6.92 Å². The first-order valence-corrected chi connectivity index (χ1v) is 13.4. The molecule has 35 heavy (non-hydrogen) atoms. The van der Waals surface area contributed by atoms with E-state index in [1.54, 1.807) is 18.4 Å². The SMILES string of the molecule is COC(=O)c1c(CCNCc2c(C)cc(C)nc2OC)sc(CC2CCC3(CC2)OCCO3)c1C. The zero-order valence-electron chi connectivity index (χ0n) is 21.6. The molecule has 0 unspecified atom stereocenters. The molecular weight excluding hydrogens is 464 g/mol. The number of ether oxygens (including phenoxy) is 4. The van der Waals surface area contributed by atoms with Crippen molar-refractivity contribution in [1.82, 2.24) is 10.3 Å². The van der Waals surface area contributed by atoms with Crippen LogP contribution in [0, 0.1) is 26.7 Å². The summed E-state index contributed by atoms with van der Waals surface area (Å²) in [5, 5.41) is 3.51. The van der Waals surface area contributed by atoms with Crippen LogP contribution >= 0.6 is 11.3 Å². The number of aromatic nitrogens is 1. The highest BCUT2D eigenvalue weighted by Crippen LogP contribution is 2.41. The molecule has 0 amide bonds. The summed E-state index contributed by atoms with van der Waals surface area (Å²) in [6.45, 7) is 8.95. The van der Waals surface area contributed by atoms with Crippen LogP contribution in [0.2, 0.25) is 0 Å². The first kappa shape index (κ1) is 26.1. The minimum absolute atomic E-state index is 0.240. The Morgan fingerprint density at radius 3 is 2.54 bits per heavy atom. The molecule has 7 nitrogen and oxygen atoms in total. The van der Waals surface area contributed by atoms with Crippen LogP contribution in [0.4, 0.5) is 0 Å². The predicted molar refractivity (Wildman–Crippen MR) is 136 cm³/mol. The summed E-state index contributed by atoms with van der Waals surface area (Å²) in [4.78, 5) is 19.5. The van der Waals surface area contributed by atoms with Crippen molar-refractivity contribution >= 4 is 17.3 Å². The lowest BCUT2D eigenvalue weighted by Crippen LogP contribution is -2.35. The molecule has 1 saturated carbocycles. The first-order valence-electron chi connectivity index (χ1n) is 12.5. The Hall–Kier alpha value is -2.00. The van der Waals surface area contributed by atoms with Gasteiger partial charge in [-0.1, -0.05) is 0 Å². The summed E-state index contributed by atoms with van der Waals surface area (Å²) in [5.74, 6) is 0.688. The van der Waals surface area contributed by atoms with Crippen LogP contribution in [0.3, 0.4) is 0 Å². The van der Waals surface area contributed by atoms with Gasteiger partial charge in [0, 0.05) is 46.9 Å². The molecule has 0 atom stereocenters. The van der Waals surface area contributed by atoms with E-state index in [0.29, 0.717) is 31.6 Å². The molecule has 2 fully saturated rings. The Morgan fingerprint density at radius 2 is 1.89 bits per heavy atom. The third kappa shape index (κ3) is 5.88. The van der Waals surface area contributed by atoms with E-state index in [0.717, 1.165) is 77.9 Å². The Labute approximate surface area is 212 Å². The molecule has 0 radical (unpaired) electrons. The van der Waals surface area contributed by atoms with E-state index in [2.05, 4.69) is 30.2 Å². The summed E-state index contributed by atoms with van der Waals surface area (Å²) in [6.07, 6.45) is 5.86. The standard InChI is InChI=1S/C27H38N2O5S/c1-17-14-18(2)29-25(31-4)21(17)16-28-11-8-22-24(26(30)32-5)19(3)23(35-22)15-20-6-9-27(10-7-20)33-12-13-34-27/h14,20,28H,6-13,15-16H2,1-5H3. The molecule has 2 aromatic heterocycles. The topological polar surface area (TPSA) is 78.9 Å². The van der Waals surface area contributed by atoms with Crippen LogP contribution in [0.25, 0.3) is 0 Å². The number of hydrogen-bond donors (Lipinski definition) is 1. The van der Waals surface area contributed by atoms with Gasteiger partial charge < -0.3 is 24.3 Å². The molecule has 1 aliphatic heterocycles. The van der Waals surface area contributed by atoms with Gasteiger partial charge in [0.25, 0.3) is 0 Å². The lowest BCUT2D eigenvalue weighted by Gasteiger charge is -2.35. The number of esters is 1. The van der Waals surface area contributed by atoms with Crippen LogP contribution in [-0.4, -0.2) is 50.7 Å². The fraction of sp³-hybridized carbons (Fsp3) is 0.630. The van der Waals surface area contributed by atoms with Crippen molar-refractivity contribution in [3.8, 4) is 5.88 Å². The van der Waals surface area contributed by atoms with E-state index < -0.39 is 0 Å². The van der Waals surface area contributed by atoms with Crippen LogP contribution in [0.1, 0.15) is 68.2 Å². The Balaban J connectivity index is 1.39. The molecule has 4 rings (SSSR count). The average molecular weight is 503 g/mol. The fourth-order valence-corrected chi connectivity index (χ4v) is 6.78. The second-order valence-corrected chi connectivity index (χ2v) is 10.9. The molecule has 1 saturated heterocycles. The monoisotopic (exact) mass is 502 g/mol. The maximum Gasteiger partial charge on any atom is 0.339 e. The van der Waals surface area contributed by atoms with Gasteiger partial charge in [0.1, 0.15) is 0 Å². The third-order valence-corrected chi connectivity index (χ3v) is 8.70. The number of hydrogen-bond acceptors (Lipinski definition) is 8. The largest absolute Gasteiger partial charge is 0.481 e. The second-order valence-electron chi connectivity index (χ2n) is 9.69. The summed E-state index contributed by atoms with van der Waals surface area (Å²) in [7, 11) is 3.12. The highest BCUT2D eigenvalue weighted by molar-refractivity contribution is 7.12. The Bertz CT molecular complexity index is 1030. The van der Waals surface area contributed by atoms with Crippen molar-refractivity contribution in [2.75, 3.05) is 34.0 Å². The van der Waals surface area contributed by atoms with Crippen molar-refractivity contribution in [2.24, 2.45) is 5.92 Å². The predicted octanol–water partition coefficient (Wildman–Crippen LogP) is 4.67. The van der Waals surface area contributed by atoms with E-state index in [4.69, 9.17) is 18.9 Å². The van der Waals surface area contributed by atoms with Gasteiger partial charge in [-0.3, -0.25) is 0 Å². The average Bonchev–Trinajstić information content (AvgIpc) is 3.42. The highest BCUT2D eigenvalue weighted by Gasteiger charge is 2.40. The summed E-state index contributed by atoms with van der Waals surface area (Å²) < 4.78 is 22.4. The molecule has 1 aliphatic carbocycles. The van der Waals surface area contributed by atoms with Crippen LogP contribution in [0.5, 0.6) is 5.88 Å². The number of aryl methyl sites for hydroxylation is 2. The Morgan fingerprint density at radius 1 is 1.17 bits per heavy atom. The second kappa shape index (κ2) is 11.4. The fourth-order valence-electron chi connectivity index (χ4n) is 5.36. The van der Waals surface area contributed by atoms with E-state index in [9.17, 15) is 4.79 Å². The van der Waals surface area contributed by atoms with Crippen molar-refractivity contribution in [2.45, 2.75) is 71.6 Å². The number of methoxy groups -OCH3 is 2. The molecule has 0 bridgehead atoms. The zero-order chi connectivity index (χ0) is 25.0. The molecule has 0 aromatic carbocycles. The van der Waals surface area contributed by atoms with Crippen LogP contribution < -0.4 is 10.1 Å². The normalized spacial score (nSPS) is 17.7. The van der Waals surface area contributed by atoms with Crippen molar-refractivity contribution in [1.29, 1.82) is 0 Å². The molecule has 1 N–H and O–H groups in total. The van der Waals surface area contributed by atoms with Crippen molar-refractivity contribution < 1.29 is 23.7 Å². The maximum absolute atomic E-state index is 12.7. The van der Waals surface area contributed by atoms with Gasteiger partial charge in [0.2, 0.25) is 5.88 Å². The van der Waals surface area contributed by atoms with Crippen molar-refractivity contribution in [3.05, 3.63) is 43.8 Å².